The number of nitrogens with zero attached hydrogens (tertiary/aromatic N) is 1. The van der Waals surface area contributed by atoms with Gasteiger partial charge in [0.25, 0.3) is 5.56 Å². The summed E-state index contributed by atoms with van der Waals surface area (Å²) < 4.78 is 38.2. The molecule has 33 heavy (non-hydrogen) atoms. The van der Waals surface area contributed by atoms with Crippen LogP contribution in [0.3, 0.4) is 0 Å². The highest BCUT2D eigenvalue weighted by Crippen LogP contribution is 2.22. The molecule has 0 radical (unpaired) electrons. The van der Waals surface area contributed by atoms with Gasteiger partial charge in [-0.2, -0.15) is 4.31 Å². The monoisotopic (exact) mass is 466 g/mol. The number of sulfonamides is 1. The van der Waals surface area contributed by atoms with Crippen molar-refractivity contribution in [1.29, 1.82) is 0 Å². The maximum Gasteiger partial charge on any atom is 0.337 e. The van der Waals surface area contributed by atoms with Crippen LogP contribution in [0, 0.1) is 6.92 Å². The summed E-state index contributed by atoms with van der Waals surface area (Å²) in [7, 11) is -2.78. The topological polar surface area (TPSA) is 110 Å². The number of methoxy groups -OCH3 is 1. The van der Waals surface area contributed by atoms with Gasteiger partial charge in [-0.15, -0.1) is 0 Å². The molecule has 1 N–H and O–H groups in total. The van der Waals surface area contributed by atoms with Crippen LogP contribution in [-0.2, 0) is 27.8 Å². The molecule has 0 atom stereocenters. The van der Waals surface area contributed by atoms with E-state index in [1.807, 2.05) is 25.1 Å². The largest absolute Gasteiger partial charge is 0.468 e. The summed E-state index contributed by atoms with van der Waals surface area (Å²) in [6.45, 7) is 1.70. The number of carbonyl (C=O) groups is 1. The molecule has 0 saturated heterocycles. The van der Waals surface area contributed by atoms with E-state index < -0.39 is 16.0 Å². The Balaban J connectivity index is 1.74. The molecule has 0 saturated carbocycles. The first-order valence-electron chi connectivity index (χ1n) is 10.1. The Hall–Kier alpha value is -3.69. The number of esters is 1. The van der Waals surface area contributed by atoms with Crippen molar-refractivity contribution in [2.24, 2.45) is 0 Å². The third kappa shape index (κ3) is 4.74. The minimum absolute atomic E-state index is 0.0187. The number of benzene rings is 2. The lowest BCUT2D eigenvalue weighted by molar-refractivity contribution is 0.0600. The predicted octanol–water partition coefficient (Wildman–Crippen LogP) is 3.61. The molecule has 0 aliphatic carbocycles. The van der Waals surface area contributed by atoms with E-state index in [1.165, 1.54) is 41.9 Å². The van der Waals surface area contributed by atoms with Gasteiger partial charge in [0, 0.05) is 17.6 Å². The number of pyridine rings is 1. The van der Waals surface area contributed by atoms with Crippen LogP contribution >= 0.6 is 0 Å². The average molecular weight is 467 g/mol. The van der Waals surface area contributed by atoms with Gasteiger partial charge in [0.1, 0.15) is 5.76 Å². The van der Waals surface area contributed by atoms with Crippen LogP contribution in [0.25, 0.3) is 10.9 Å². The van der Waals surface area contributed by atoms with E-state index in [1.54, 1.807) is 18.2 Å². The Kier molecular flexibility index (Phi) is 6.17. The van der Waals surface area contributed by atoms with E-state index in [0.717, 1.165) is 10.9 Å². The molecule has 8 nitrogen and oxygen atoms in total. The lowest BCUT2D eigenvalue weighted by atomic mass is 10.1. The van der Waals surface area contributed by atoms with Crippen LogP contribution in [0.2, 0.25) is 0 Å². The SMILES string of the molecule is COC(=O)c1ccc(S(=O)(=O)N(Cc2ccco2)Cc2cc3cc(C)ccc3[nH]c2=O)cc1. The van der Waals surface area contributed by atoms with Crippen molar-refractivity contribution >= 4 is 26.9 Å². The molecule has 0 fully saturated rings. The fourth-order valence-corrected chi connectivity index (χ4v) is 4.90. The molecule has 2 aromatic heterocycles. The first-order chi connectivity index (χ1) is 15.8. The minimum atomic E-state index is -4.03. The fourth-order valence-electron chi connectivity index (χ4n) is 3.51. The summed E-state index contributed by atoms with van der Waals surface area (Å²) in [6, 6.07) is 16.1. The maximum absolute atomic E-state index is 13.5. The third-order valence-electron chi connectivity index (χ3n) is 5.25. The van der Waals surface area contributed by atoms with Gasteiger partial charge in [0.2, 0.25) is 10.0 Å². The smallest absolute Gasteiger partial charge is 0.337 e. The number of nitrogens with one attached hydrogen (secondary N) is 1. The number of hydrogen-bond donors (Lipinski definition) is 1. The zero-order chi connectivity index (χ0) is 23.6. The fraction of sp³-hybridized carbons (Fsp3) is 0.167. The first kappa shape index (κ1) is 22.5. The third-order valence-corrected chi connectivity index (χ3v) is 7.05. The second kappa shape index (κ2) is 9.05. The highest BCUT2D eigenvalue weighted by molar-refractivity contribution is 7.89. The Morgan fingerprint density at radius 1 is 1.06 bits per heavy atom. The quantitative estimate of drug-likeness (QED) is 0.417. The van der Waals surface area contributed by atoms with Gasteiger partial charge in [0.05, 0.1) is 30.4 Å². The zero-order valence-corrected chi connectivity index (χ0v) is 18.9. The minimum Gasteiger partial charge on any atom is -0.468 e. The number of hydrogen-bond acceptors (Lipinski definition) is 6. The first-order valence-corrected chi connectivity index (χ1v) is 11.6. The van der Waals surface area contributed by atoms with Crippen LogP contribution in [0.5, 0.6) is 0 Å². The molecule has 0 unspecified atom stereocenters. The van der Waals surface area contributed by atoms with Crippen LogP contribution in [-0.4, -0.2) is 30.8 Å². The van der Waals surface area contributed by atoms with Crippen molar-refractivity contribution in [2.75, 3.05) is 7.11 Å². The van der Waals surface area contributed by atoms with Crippen molar-refractivity contribution in [3.63, 3.8) is 0 Å². The van der Waals surface area contributed by atoms with Crippen molar-refractivity contribution < 1.29 is 22.4 Å². The summed E-state index contributed by atoms with van der Waals surface area (Å²) in [5, 5.41) is 0.808. The lowest BCUT2D eigenvalue weighted by Crippen LogP contribution is -2.32. The highest BCUT2D eigenvalue weighted by atomic mass is 32.2. The van der Waals surface area contributed by atoms with Crippen LogP contribution < -0.4 is 5.56 Å². The molecule has 2 heterocycles. The van der Waals surface area contributed by atoms with Gasteiger partial charge in [-0.3, -0.25) is 4.79 Å². The van der Waals surface area contributed by atoms with Crippen molar-refractivity contribution in [3.05, 3.63) is 99.7 Å². The zero-order valence-electron chi connectivity index (χ0n) is 18.1. The van der Waals surface area contributed by atoms with Crippen LogP contribution in [0.4, 0.5) is 0 Å². The Morgan fingerprint density at radius 2 is 1.82 bits per heavy atom. The van der Waals surface area contributed by atoms with Gasteiger partial charge in [-0.25, -0.2) is 13.2 Å². The molecular weight excluding hydrogens is 444 g/mol. The number of aromatic nitrogens is 1. The summed E-state index contributed by atoms with van der Waals surface area (Å²) in [5.74, 6) is -0.137. The number of carbonyl (C=O) groups excluding carboxylic acids is 1. The number of fused-ring (bicyclic) bond motifs is 1. The Morgan fingerprint density at radius 3 is 2.48 bits per heavy atom. The number of H-pyrrole nitrogens is 1. The molecular formula is C24H22N2O6S. The van der Waals surface area contributed by atoms with E-state index in [4.69, 9.17) is 4.42 Å². The van der Waals surface area contributed by atoms with E-state index in [9.17, 15) is 18.0 Å². The molecule has 4 rings (SSSR count). The van der Waals surface area contributed by atoms with Crippen molar-refractivity contribution in [3.8, 4) is 0 Å². The van der Waals surface area contributed by atoms with E-state index in [-0.39, 0.29) is 29.1 Å². The molecule has 0 amide bonds. The molecule has 9 heteroatoms. The summed E-state index contributed by atoms with van der Waals surface area (Å²) in [6.07, 6.45) is 1.46. The highest BCUT2D eigenvalue weighted by Gasteiger charge is 2.27. The summed E-state index contributed by atoms with van der Waals surface area (Å²) in [4.78, 5) is 27.2. The second-order valence-electron chi connectivity index (χ2n) is 7.58. The van der Waals surface area contributed by atoms with E-state index >= 15 is 0 Å². The predicted molar refractivity (Wildman–Crippen MR) is 122 cm³/mol. The van der Waals surface area contributed by atoms with Gasteiger partial charge < -0.3 is 14.1 Å². The Bertz CT molecular complexity index is 1460. The normalized spacial score (nSPS) is 11.7. The van der Waals surface area contributed by atoms with E-state index in [0.29, 0.717) is 16.8 Å². The van der Waals surface area contributed by atoms with Gasteiger partial charge in [-0.05, 0) is 66.9 Å². The van der Waals surface area contributed by atoms with Crippen molar-refractivity contribution in [2.45, 2.75) is 24.9 Å². The Labute approximate surface area is 190 Å². The molecule has 4 aromatic rings. The summed E-state index contributed by atoms with van der Waals surface area (Å²) >= 11 is 0. The average Bonchev–Trinajstić information content (AvgIpc) is 3.32. The number of ether oxygens (including phenoxy) is 1. The molecule has 170 valence electrons. The van der Waals surface area contributed by atoms with Crippen molar-refractivity contribution in [1.82, 2.24) is 9.29 Å². The number of rotatable bonds is 7. The van der Waals surface area contributed by atoms with Gasteiger partial charge in [0.15, 0.2) is 0 Å². The van der Waals surface area contributed by atoms with Crippen LogP contribution in [0.1, 0.15) is 27.2 Å². The molecule has 0 spiro atoms. The standard InChI is InChI=1S/C24H22N2O6S/c1-16-5-10-22-18(12-16)13-19(23(27)25-22)14-26(15-20-4-3-11-32-20)33(29,30)21-8-6-17(7-9-21)24(28)31-2/h3-13H,14-15H2,1-2H3,(H,25,27). The lowest BCUT2D eigenvalue weighted by Gasteiger charge is -2.21. The molecule has 0 aliphatic heterocycles. The van der Waals surface area contributed by atoms with Crippen LogP contribution in [0.15, 0.2) is 81.0 Å². The number of furan rings is 1. The second-order valence-corrected chi connectivity index (χ2v) is 9.52. The van der Waals surface area contributed by atoms with Gasteiger partial charge >= 0.3 is 5.97 Å². The number of aryl methyl sites for hydroxylation is 1. The molecule has 2 aromatic carbocycles. The maximum atomic E-state index is 13.5. The number of aromatic amines is 1. The molecule has 0 bridgehead atoms. The summed E-state index contributed by atoms with van der Waals surface area (Å²) in [5.41, 5.74) is 1.86. The molecule has 0 aliphatic rings. The van der Waals surface area contributed by atoms with Gasteiger partial charge in [-0.1, -0.05) is 11.6 Å². The van der Waals surface area contributed by atoms with E-state index in [2.05, 4.69) is 9.72 Å².